The molecule has 2 aliphatic heterocycles. The number of amides is 2. The van der Waals surface area contributed by atoms with Crippen molar-refractivity contribution in [2.24, 2.45) is 5.92 Å². The van der Waals surface area contributed by atoms with E-state index in [9.17, 15) is 14.0 Å². The van der Waals surface area contributed by atoms with Crippen LogP contribution in [0.25, 0.3) is 0 Å². The van der Waals surface area contributed by atoms with Gasteiger partial charge in [0, 0.05) is 18.8 Å². The molecule has 8 heteroatoms. The third-order valence-electron chi connectivity index (χ3n) is 5.06. The second-order valence-corrected chi connectivity index (χ2v) is 8.26. The van der Waals surface area contributed by atoms with Gasteiger partial charge in [-0.2, -0.15) is 0 Å². The van der Waals surface area contributed by atoms with Crippen LogP contribution in [0.2, 0.25) is 0 Å². The zero-order chi connectivity index (χ0) is 18.5. The van der Waals surface area contributed by atoms with Crippen LogP contribution in [0.4, 0.5) is 4.39 Å². The molecule has 3 rings (SSSR count). The fraction of sp³-hybridized carbons (Fsp3) is 0.579. The van der Waals surface area contributed by atoms with Crippen molar-refractivity contribution in [1.29, 1.82) is 0 Å². The van der Waals surface area contributed by atoms with Gasteiger partial charge in [0.25, 0.3) is 0 Å². The molecule has 0 aliphatic carbocycles. The van der Waals surface area contributed by atoms with Crippen LogP contribution < -0.4 is 10.6 Å². The first-order valence-corrected chi connectivity index (χ1v) is 10.2. The first-order chi connectivity index (χ1) is 12.6. The van der Waals surface area contributed by atoms with Crippen LogP contribution in [0.3, 0.4) is 0 Å². The highest BCUT2D eigenvalue weighted by atomic mass is 35.5. The number of rotatable bonds is 5. The minimum Gasteiger partial charge on any atom is -0.343 e. The number of carbonyl (C=O) groups is 2. The standard InChI is InChI=1S/C19H26FN3O2S.ClH/c1-21-10-13-5-4-8-23(11-13)19(25)16-12-26-17(18(24)22-16)9-14-6-2-3-7-15(14)20;/h2-3,6-7,13,16-17,21H,4-5,8-12H2,1H3,(H,22,24);1H. The Balaban J connectivity index is 0.00000261. The largest absolute Gasteiger partial charge is 0.343 e. The molecule has 2 N–H and O–H groups in total. The monoisotopic (exact) mass is 415 g/mol. The molecule has 3 atom stereocenters. The lowest BCUT2D eigenvalue weighted by molar-refractivity contribution is -0.137. The molecule has 0 saturated carbocycles. The Morgan fingerprint density at radius 2 is 2.19 bits per heavy atom. The van der Waals surface area contributed by atoms with Gasteiger partial charge in [-0.05, 0) is 50.4 Å². The Hall–Kier alpha value is -1.31. The van der Waals surface area contributed by atoms with E-state index in [-0.39, 0.29) is 35.3 Å². The number of benzene rings is 1. The quantitative estimate of drug-likeness (QED) is 0.770. The lowest BCUT2D eigenvalue weighted by atomic mass is 9.97. The molecule has 150 valence electrons. The van der Waals surface area contributed by atoms with E-state index in [1.165, 1.54) is 17.8 Å². The summed E-state index contributed by atoms with van der Waals surface area (Å²) < 4.78 is 13.8. The highest BCUT2D eigenvalue weighted by Crippen LogP contribution is 2.25. The summed E-state index contributed by atoms with van der Waals surface area (Å²) in [5, 5.41) is 5.68. The number of hydrogen-bond donors (Lipinski definition) is 2. The van der Waals surface area contributed by atoms with Gasteiger partial charge >= 0.3 is 0 Å². The number of thioether (sulfide) groups is 1. The van der Waals surface area contributed by atoms with Crippen LogP contribution in [0, 0.1) is 11.7 Å². The van der Waals surface area contributed by atoms with Crippen LogP contribution in [0.5, 0.6) is 0 Å². The van der Waals surface area contributed by atoms with Crippen LogP contribution in [0.15, 0.2) is 24.3 Å². The Bertz CT molecular complexity index is 662. The maximum absolute atomic E-state index is 13.8. The van der Waals surface area contributed by atoms with E-state index in [1.54, 1.807) is 18.2 Å². The highest BCUT2D eigenvalue weighted by molar-refractivity contribution is 8.00. The van der Waals surface area contributed by atoms with Crippen molar-refractivity contribution in [2.45, 2.75) is 30.6 Å². The van der Waals surface area contributed by atoms with Crippen molar-refractivity contribution < 1.29 is 14.0 Å². The molecule has 1 aromatic rings. The topological polar surface area (TPSA) is 61.4 Å². The Morgan fingerprint density at radius 1 is 1.41 bits per heavy atom. The van der Waals surface area contributed by atoms with Crippen molar-refractivity contribution in [3.63, 3.8) is 0 Å². The highest BCUT2D eigenvalue weighted by Gasteiger charge is 2.36. The van der Waals surface area contributed by atoms with E-state index in [1.807, 2.05) is 11.9 Å². The molecule has 2 amide bonds. The molecule has 2 saturated heterocycles. The number of nitrogens with zero attached hydrogens (tertiary/aromatic N) is 1. The van der Waals surface area contributed by atoms with Crippen molar-refractivity contribution in [2.75, 3.05) is 32.4 Å². The van der Waals surface area contributed by atoms with Gasteiger partial charge in [0.15, 0.2) is 0 Å². The molecule has 1 aromatic carbocycles. The molecule has 2 heterocycles. The number of nitrogens with one attached hydrogen (secondary N) is 2. The summed E-state index contributed by atoms with van der Waals surface area (Å²) in [5.41, 5.74) is 0.538. The van der Waals surface area contributed by atoms with Gasteiger partial charge in [0.1, 0.15) is 11.9 Å². The van der Waals surface area contributed by atoms with Crippen LogP contribution in [-0.2, 0) is 16.0 Å². The Labute approximate surface area is 170 Å². The molecule has 2 fully saturated rings. The second kappa shape index (κ2) is 10.3. The normalized spacial score (nSPS) is 25.5. The number of piperidine rings is 1. The van der Waals surface area contributed by atoms with E-state index in [2.05, 4.69) is 10.6 Å². The van der Waals surface area contributed by atoms with Crippen LogP contribution >= 0.6 is 24.2 Å². The predicted molar refractivity (Wildman–Crippen MR) is 109 cm³/mol. The smallest absolute Gasteiger partial charge is 0.246 e. The number of likely N-dealkylation sites (tertiary alicyclic amines) is 1. The summed E-state index contributed by atoms with van der Waals surface area (Å²) in [7, 11) is 1.93. The minimum atomic E-state index is -0.474. The van der Waals surface area contributed by atoms with Crippen molar-refractivity contribution >= 4 is 36.0 Å². The zero-order valence-corrected chi connectivity index (χ0v) is 17.1. The van der Waals surface area contributed by atoms with E-state index in [0.717, 1.165) is 32.5 Å². The van der Waals surface area contributed by atoms with Gasteiger partial charge in [-0.25, -0.2) is 4.39 Å². The summed E-state index contributed by atoms with van der Waals surface area (Å²) in [6, 6.07) is 6.05. The van der Waals surface area contributed by atoms with Gasteiger partial charge in [-0.3, -0.25) is 9.59 Å². The zero-order valence-electron chi connectivity index (χ0n) is 15.4. The van der Waals surface area contributed by atoms with E-state index < -0.39 is 6.04 Å². The van der Waals surface area contributed by atoms with Crippen LogP contribution in [-0.4, -0.2) is 60.4 Å². The number of halogens is 2. The van der Waals surface area contributed by atoms with Gasteiger partial charge in [0.05, 0.1) is 5.25 Å². The van der Waals surface area contributed by atoms with Gasteiger partial charge in [-0.15, -0.1) is 24.2 Å². The average molecular weight is 416 g/mol. The van der Waals surface area contributed by atoms with Crippen LogP contribution in [0.1, 0.15) is 18.4 Å². The predicted octanol–water partition coefficient (Wildman–Crippen LogP) is 1.85. The van der Waals surface area contributed by atoms with Crippen molar-refractivity contribution in [3.05, 3.63) is 35.6 Å². The van der Waals surface area contributed by atoms with E-state index in [0.29, 0.717) is 23.7 Å². The van der Waals surface area contributed by atoms with Gasteiger partial charge in [0.2, 0.25) is 11.8 Å². The summed E-state index contributed by atoms with van der Waals surface area (Å²) in [6.45, 7) is 2.41. The summed E-state index contributed by atoms with van der Waals surface area (Å²) in [6.07, 6.45) is 2.47. The fourth-order valence-electron chi connectivity index (χ4n) is 3.68. The van der Waals surface area contributed by atoms with Crippen molar-refractivity contribution in [1.82, 2.24) is 15.5 Å². The maximum atomic E-state index is 13.8. The number of hydrogen-bond acceptors (Lipinski definition) is 4. The number of carbonyl (C=O) groups excluding carboxylic acids is 2. The summed E-state index contributed by atoms with van der Waals surface area (Å²) in [4.78, 5) is 27.1. The molecular formula is C19H27ClFN3O2S. The molecule has 27 heavy (non-hydrogen) atoms. The maximum Gasteiger partial charge on any atom is 0.246 e. The SMILES string of the molecule is CNCC1CCCN(C(=O)C2CSC(Cc3ccccc3F)C(=O)N2)C1.Cl. The molecule has 0 radical (unpaired) electrons. The summed E-state index contributed by atoms with van der Waals surface area (Å²) >= 11 is 1.45. The molecular weight excluding hydrogens is 389 g/mol. The van der Waals surface area contributed by atoms with E-state index >= 15 is 0 Å². The third-order valence-corrected chi connectivity index (χ3v) is 6.37. The Kier molecular flexibility index (Phi) is 8.38. The molecule has 0 bridgehead atoms. The lowest BCUT2D eigenvalue weighted by Gasteiger charge is -2.37. The molecule has 2 aliphatic rings. The minimum absolute atomic E-state index is 0. The molecule has 0 aromatic heterocycles. The third kappa shape index (κ3) is 5.59. The molecule has 5 nitrogen and oxygen atoms in total. The Morgan fingerprint density at radius 3 is 2.89 bits per heavy atom. The molecule has 0 spiro atoms. The first kappa shape index (κ1) is 22.0. The summed E-state index contributed by atoms with van der Waals surface area (Å²) in [5.74, 6) is 0.556. The van der Waals surface area contributed by atoms with E-state index in [4.69, 9.17) is 0 Å². The average Bonchev–Trinajstić information content (AvgIpc) is 2.65. The lowest BCUT2D eigenvalue weighted by Crippen LogP contribution is -2.57. The van der Waals surface area contributed by atoms with Gasteiger partial charge in [-0.1, -0.05) is 18.2 Å². The second-order valence-electron chi connectivity index (χ2n) is 7.03. The molecule has 3 unspecified atom stereocenters. The first-order valence-electron chi connectivity index (χ1n) is 9.17. The fourth-order valence-corrected chi connectivity index (χ4v) is 4.85. The van der Waals surface area contributed by atoms with Crippen molar-refractivity contribution in [3.8, 4) is 0 Å². The van der Waals surface area contributed by atoms with Gasteiger partial charge < -0.3 is 15.5 Å².